The molecule has 3 unspecified atom stereocenters. The van der Waals surface area contributed by atoms with Crippen LogP contribution >= 0.6 is 11.8 Å². The summed E-state index contributed by atoms with van der Waals surface area (Å²) in [4.78, 5) is 24.1. The lowest BCUT2D eigenvalue weighted by Crippen LogP contribution is -2.15. The summed E-state index contributed by atoms with van der Waals surface area (Å²) in [5.74, 6) is -0.319. The van der Waals surface area contributed by atoms with Gasteiger partial charge in [0.15, 0.2) is 23.4 Å². The van der Waals surface area contributed by atoms with Crippen molar-refractivity contribution in [3.8, 4) is 18.2 Å². The summed E-state index contributed by atoms with van der Waals surface area (Å²) in [5, 5.41) is 2.88. The van der Waals surface area contributed by atoms with Gasteiger partial charge in [0.25, 0.3) is 5.91 Å². The van der Waals surface area contributed by atoms with Crippen molar-refractivity contribution < 1.29 is 18.3 Å². The number of nitrogens with zero attached hydrogens (tertiary/aromatic N) is 3. The van der Waals surface area contributed by atoms with Crippen LogP contribution in [0.2, 0.25) is 0 Å². The number of thioether (sulfide) groups is 1. The molecule has 156 valence electrons. The highest BCUT2D eigenvalue weighted by Gasteiger charge is 2.50. The van der Waals surface area contributed by atoms with Crippen molar-refractivity contribution in [1.82, 2.24) is 9.97 Å². The number of benzene rings is 1. The molecule has 0 bridgehead atoms. The Balaban J connectivity index is 1.76. The van der Waals surface area contributed by atoms with E-state index in [-0.39, 0.29) is 46.5 Å². The Kier molecular flexibility index (Phi) is 6.52. The minimum Gasteiger partial charge on any atom is -0.463 e. The highest BCUT2D eigenvalue weighted by molar-refractivity contribution is 8.14. The van der Waals surface area contributed by atoms with E-state index in [1.54, 1.807) is 7.05 Å². The molecule has 0 saturated heterocycles. The summed E-state index contributed by atoms with van der Waals surface area (Å²) < 4.78 is 33.7. The number of amides is 1. The van der Waals surface area contributed by atoms with Crippen molar-refractivity contribution >= 4 is 28.5 Å². The Hall–Kier alpha value is -3.19. The third kappa shape index (κ3) is 4.68. The molecule has 10 heteroatoms. The summed E-state index contributed by atoms with van der Waals surface area (Å²) in [5.41, 5.74) is 6.02. The number of aliphatic imine (C=N–C) groups is 1. The van der Waals surface area contributed by atoms with Gasteiger partial charge in [0.05, 0.1) is 12.4 Å². The molecule has 1 fully saturated rings. The first-order valence-corrected chi connectivity index (χ1v) is 9.81. The fourth-order valence-electron chi connectivity index (χ4n) is 3.00. The molecule has 1 aliphatic carbocycles. The predicted molar refractivity (Wildman–Crippen MR) is 112 cm³/mol. The third-order valence-electron chi connectivity index (χ3n) is 4.61. The monoisotopic (exact) mass is 431 g/mol. The van der Waals surface area contributed by atoms with Gasteiger partial charge < -0.3 is 15.8 Å². The highest BCUT2D eigenvalue weighted by Crippen LogP contribution is 2.55. The Labute approximate surface area is 176 Å². The normalized spacial score (nSPS) is 20.4. The van der Waals surface area contributed by atoms with E-state index in [1.807, 2.05) is 6.92 Å². The molecule has 3 rings (SSSR count). The van der Waals surface area contributed by atoms with Crippen LogP contribution in [0.3, 0.4) is 0 Å². The number of ether oxygens (including phenoxy) is 1. The Bertz CT molecular complexity index is 1020. The maximum atomic E-state index is 14.4. The molecule has 1 saturated carbocycles. The standard InChI is InChI=1S/C20H19F2N5O2S/c1-4-5-29-15-9-25-14(8-26-15)19(28)27-11-6-12(17(22)13(21)7-11)16-10(2)18(16)30-20(23)24-3/h1,6-10,16,18H,5H2,2-3H3,(H2,23,24)(H,27,28). The lowest BCUT2D eigenvalue weighted by atomic mass is 10.1. The second kappa shape index (κ2) is 9.09. The fraction of sp³-hybridized carbons (Fsp3) is 0.300. The van der Waals surface area contributed by atoms with Crippen molar-refractivity contribution in [3.63, 3.8) is 0 Å². The molecule has 30 heavy (non-hydrogen) atoms. The third-order valence-corrected chi connectivity index (χ3v) is 6.03. The highest BCUT2D eigenvalue weighted by atomic mass is 32.2. The van der Waals surface area contributed by atoms with Crippen molar-refractivity contribution in [2.45, 2.75) is 18.1 Å². The Morgan fingerprint density at radius 3 is 2.80 bits per heavy atom. The molecule has 1 aromatic heterocycles. The zero-order valence-corrected chi connectivity index (χ0v) is 17.0. The zero-order chi connectivity index (χ0) is 21.8. The summed E-state index contributed by atoms with van der Waals surface area (Å²) in [7, 11) is 1.57. The number of hydrogen-bond acceptors (Lipinski definition) is 6. The molecule has 3 atom stereocenters. The van der Waals surface area contributed by atoms with E-state index in [4.69, 9.17) is 16.9 Å². The molecular weight excluding hydrogens is 412 g/mol. The van der Waals surface area contributed by atoms with Crippen LogP contribution in [0.4, 0.5) is 14.5 Å². The SMILES string of the molecule is C#CCOc1cnc(C(=O)Nc2cc(F)c(F)c(C3C(C)C3SC(N)=NC)c2)cn1. The Morgan fingerprint density at radius 1 is 1.40 bits per heavy atom. The number of carbonyl (C=O) groups excluding carboxylic acids is 1. The van der Waals surface area contributed by atoms with Gasteiger partial charge in [-0.05, 0) is 17.5 Å². The van der Waals surface area contributed by atoms with Gasteiger partial charge in [-0.25, -0.2) is 18.7 Å². The number of nitrogens with two attached hydrogens (primary N) is 1. The number of carbonyl (C=O) groups is 1. The molecule has 0 aliphatic heterocycles. The Morgan fingerprint density at radius 2 is 2.17 bits per heavy atom. The molecule has 3 N–H and O–H groups in total. The first kappa shape index (κ1) is 21.5. The van der Waals surface area contributed by atoms with Crippen LogP contribution in [-0.2, 0) is 0 Å². The van der Waals surface area contributed by atoms with E-state index in [2.05, 4.69) is 26.2 Å². The van der Waals surface area contributed by atoms with Crippen LogP contribution in [0.1, 0.15) is 28.9 Å². The average molecular weight is 431 g/mol. The van der Waals surface area contributed by atoms with Crippen molar-refractivity contribution in [3.05, 3.63) is 47.4 Å². The number of anilines is 1. The average Bonchev–Trinajstić information content (AvgIpc) is 3.37. The number of amidine groups is 1. The van der Waals surface area contributed by atoms with E-state index in [0.717, 1.165) is 6.07 Å². The largest absolute Gasteiger partial charge is 0.463 e. The molecule has 1 heterocycles. The van der Waals surface area contributed by atoms with Gasteiger partial charge in [0, 0.05) is 30.0 Å². The molecule has 0 radical (unpaired) electrons. The van der Waals surface area contributed by atoms with Crippen LogP contribution in [0, 0.1) is 29.9 Å². The van der Waals surface area contributed by atoms with Crippen LogP contribution in [-0.4, -0.2) is 39.9 Å². The van der Waals surface area contributed by atoms with Crippen molar-refractivity contribution in [2.24, 2.45) is 16.6 Å². The molecule has 2 aromatic rings. The number of aromatic nitrogens is 2. The van der Waals surface area contributed by atoms with Gasteiger partial charge in [-0.15, -0.1) is 6.42 Å². The van der Waals surface area contributed by atoms with E-state index < -0.39 is 17.5 Å². The minimum absolute atomic E-state index is 0.0185. The smallest absolute Gasteiger partial charge is 0.275 e. The molecule has 0 spiro atoms. The van der Waals surface area contributed by atoms with Gasteiger partial charge in [0.2, 0.25) is 5.88 Å². The number of terminal acetylenes is 1. The van der Waals surface area contributed by atoms with E-state index >= 15 is 0 Å². The van der Waals surface area contributed by atoms with Crippen LogP contribution in [0.15, 0.2) is 29.5 Å². The van der Waals surface area contributed by atoms with E-state index in [0.29, 0.717) is 5.17 Å². The zero-order valence-electron chi connectivity index (χ0n) is 16.2. The topological polar surface area (TPSA) is 102 Å². The first-order chi connectivity index (χ1) is 14.3. The lowest BCUT2D eigenvalue weighted by Gasteiger charge is -2.10. The maximum Gasteiger partial charge on any atom is 0.275 e. The second-order valence-corrected chi connectivity index (χ2v) is 7.78. The summed E-state index contributed by atoms with van der Waals surface area (Å²) >= 11 is 1.32. The van der Waals surface area contributed by atoms with Crippen LogP contribution < -0.4 is 15.8 Å². The van der Waals surface area contributed by atoms with Gasteiger partial charge in [-0.3, -0.25) is 9.79 Å². The molecule has 1 amide bonds. The van der Waals surface area contributed by atoms with Crippen molar-refractivity contribution in [2.75, 3.05) is 19.0 Å². The first-order valence-electron chi connectivity index (χ1n) is 8.93. The van der Waals surface area contributed by atoms with E-state index in [9.17, 15) is 13.6 Å². The van der Waals surface area contributed by atoms with Gasteiger partial charge in [0.1, 0.15) is 5.69 Å². The van der Waals surface area contributed by atoms with E-state index in [1.165, 1.54) is 30.2 Å². The fourth-order valence-corrected chi connectivity index (χ4v) is 4.22. The summed E-state index contributed by atoms with van der Waals surface area (Å²) in [6.07, 6.45) is 7.54. The molecular formula is C20H19F2N5O2S. The molecule has 1 aliphatic rings. The van der Waals surface area contributed by atoms with Crippen LogP contribution in [0.5, 0.6) is 5.88 Å². The number of rotatable bonds is 6. The van der Waals surface area contributed by atoms with Crippen molar-refractivity contribution in [1.29, 1.82) is 0 Å². The second-order valence-electron chi connectivity index (χ2n) is 6.58. The molecule has 7 nitrogen and oxygen atoms in total. The number of nitrogens with one attached hydrogen (secondary N) is 1. The van der Waals surface area contributed by atoms with Gasteiger partial charge in [-0.2, -0.15) is 0 Å². The van der Waals surface area contributed by atoms with Crippen LogP contribution in [0.25, 0.3) is 0 Å². The maximum absolute atomic E-state index is 14.4. The summed E-state index contributed by atoms with van der Waals surface area (Å²) in [6.45, 7) is 1.94. The number of halogens is 2. The summed E-state index contributed by atoms with van der Waals surface area (Å²) in [6, 6.07) is 2.35. The predicted octanol–water partition coefficient (Wildman–Crippen LogP) is 2.80. The minimum atomic E-state index is -1.05. The quantitative estimate of drug-likeness (QED) is 0.414. The number of hydrogen-bond donors (Lipinski definition) is 2. The molecule has 1 aromatic carbocycles. The lowest BCUT2D eigenvalue weighted by molar-refractivity contribution is 0.102. The van der Waals surface area contributed by atoms with Gasteiger partial charge >= 0.3 is 0 Å². The van der Waals surface area contributed by atoms with Gasteiger partial charge in [-0.1, -0.05) is 24.6 Å².